The molecule has 1 amide bonds. The molecular formula is C23H27N3O2S. The van der Waals surface area contributed by atoms with Crippen LogP contribution < -0.4 is 15.0 Å². The number of methoxy groups -OCH3 is 1. The molecule has 2 heterocycles. The number of carbonyl (C=O) groups excluding carboxylic acids is 1. The van der Waals surface area contributed by atoms with Crippen molar-refractivity contribution in [2.45, 2.75) is 33.2 Å². The minimum atomic E-state index is -0.0201. The highest BCUT2D eigenvalue weighted by molar-refractivity contribution is 7.22. The van der Waals surface area contributed by atoms with Crippen LogP contribution in [-0.4, -0.2) is 31.1 Å². The van der Waals surface area contributed by atoms with Crippen LogP contribution in [0.1, 0.15) is 29.5 Å². The molecule has 0 aliphatic carbocycles. The number of hydrogen-bond donors (Lipinski definition) is 1. The van der Waals surface area contributed by atoms with Crippen LogP contribution in [0, 0.1) is 19.8 Å². The lowest BCUT2D eigenvalue weighted by atomic mass is 9.97. The predicted octanol–water partition coefficient (Wildman–Crippen LogP) is 4.45. The van der Waals surface area contributed by atoms with E-state index in [-0.39, 0.29) is 11.8 Å². The van der Waals surface area contributed by atoms with Gasteiger partial charge in [0.05, 0.1) is 23.2 Å². The number of nitrogens with one attached hydrogen (secondary N) is 1. The number of amides is 1. The van der Waals surface area contributed by atoms with Gasteiger partial charge in [0.15, 0.2) is 5.13 Å². The summed E-state index contributed by atoms with van der Waals surface area (Å²) in [7, 11) is 1.65. The van der Waals surface area contributed by atoms with Gasteiger partial charge in [0.1, 0.15) is 5.75 Å². The van der Waals surface area contributed by atoms with Crippen molar-refractivity contribution in [3.63, 3.8) is 0 Å². The van der Waals surface area contributed by atoms with Gasteiger partial charge in [-0.05, 0) is 49.9 Å². The van der Waals surface area contributed by atoms with Crippen LogP contribution in [0.4, 0.5) is 5.13 Å². The Morgan fingerprint density at radius 2 is 2.14 bits per heavy atom. The number of piperidine rings is 1. The maximum atomic E-state index is 12.8. The number of aryl methyl sites for hydroxylation is 2. The average Bonchev–Trinajstić information content (AvgIpc) is 3.17. The SMILES string of the molecule is COc1ccccc1CNC(=O)[C@@H]1CCCN(c2nc3c(C)cc(C)cc3s2)C1. The minimum absolute atomic E-state index is 0.0201. The van der Waals surface area contributed by atoms with E-state index in [1.54, 1.807) is 18.4 Å². The van der Waals surface area contributed by atoms with Crippen molar-refractivity contribution in [3.8, 4) is 5.75 Å². The number of hydrogen-bond acceptors (Lipinski definition) is 5. The topological polar surface area (TPSA) is 54.5 Å². The lowest BCUT2D eigenvalue weighted by molar-refractivity contribution is -0.125. The molecule has 0 saturated carbocycles. The number of aromatic nitrogens is 1. The molecule has 1 fully saturated rings. The molecule has 0 radical (unpaired) electrons. The van der Waals surface area contributed by atoms with Crippen molar-refractivity contribution < 1.29 is 9.53 Å². The Labute approximate surface area is 175 Å². The fraction of sp³-hybridized carbons (Fsp3) is 0.391. The lowest BCUT2D eigenvalue weighted by Crippen LogP contribution is -2.43. The molecule has 2 aromatic carbocycles. The molecule has 6 heteroatoms. The van der Waals surface area contributed by atoms with Crippen LogP contribution in [0.2, 0.25) is 0 Å². The number of benzene rings is 2. The zero-order valence-electron chi connectivity index (χ0n) is 17.2. The number of anilines is 1. The van der Waals surface area contributed by atoms with Gasteiger partial charge in [0, 0.05) is 25.2 Å². The van der Waals surface area contributed by atoms with E-state index < -0.39 is 0 Å². The number of para-hydroxylation sites is 1. The molecule has 0 bridgehead atoms. The van der Waals surface area contributed by atoms with Gasteiger partial charge in [-0.1, -0.05) is 35.6 Å². The largest absolute Gasteiger partial charge is 0.496 e. The zero-order valence-corrected chi connectivity index (χ0v) is 18.0. The Kier molecular flexibility index (Phi) is 5.72. The second-order valence-electron chi connectivity index (χ2n) is 7.74. The van der Waals surface area contributed by atoms with Crippen molar-refractivity contribution in [1.29, 1.82) is 0 Å². The third kappa shape index (κ3) is 4.22. The first-order valence-corrected chi connectivity index (χ1v) is 10.9. The summed E-state index contributed by atoms with van der Waals surface area (Å²) < 4.78 is 6.60. The first-order valence-electron chi connectivity index (χ1n) is 10.1. The van der Waals surface area contributed by atoms with Crippen LogP contribution >= 0.6 is 11.3 Å². The highest BCUT2D eigenvalue weighted by atomic mass is 32.1. The maximum absolute atomic E-state index is 12.8. The second kappa shape index (κ2) is 8.41. The summed E-state index contributed by atoms with van der Waals surface area (Å²) in [5.74, 6) is 0.889. The number of fused-ring (bicyclic) bond motifs is 1. The molecule has 1 atom stereocenters. The van der Waals surface area contributed by atoms with E-state index in [2.05, 4.69) is 36.2 Å². The first-order chi connectivity index (χ1) is 14.0. The maximum Gasteiger partial charge on any atom is 0.225 e. The first kappa shape index (κ1) is 19.7. The number of ether oxygens (including phenoxy) is 1. The van der Waals surface area contributed by atoms with E-state index in [4.69, 9.17) is 9.72 Å². The normalized spacial score (nSPS) is 16.8. The third-order valence-electron chi connectivity index (χ3n) is 5.53. The van der Waals surface area contributed by atoms with Gasteiger partial charge in [-0.15, -0.1) is 0 Å². The molecule has 1 N–H and O–H groups in total. The number of nitrogens with zero attached hydrogens (tertiary/aromatic N) is 2. The van der Waals surface area contributed by atoms with Gasteiger partial charge in [0.2, 0.25) is 5.91 Å². The highest BCUT2D eigenvalue weighted by Gasteiger charge is 2.27. The summed E-state index contributed by atoms with van der Waals surface area (Å²) in [6.45, 7) is 6.39. The van der Waals surface area contributed by atoms with Gasteiger partial charge < -0.3 is 15.0 Å². The fourth-order valence-corrected chi connectivity index (χ4v) is 5.21. The van der Waals surface area contributed by atoms with Gasteiger partial charge in [-0.25, -0.2) is 4.98 Å². The summed E-state index contributed by atoms with van der Waals surface area (Å²) in [6.07, 6.45) is 1.91. The van der Waals surface area contributed by atoms with E-state index in [0.29, 0.717) is 6.54 Å². The standard InChI is InChI=1S/C23H27N3O2S/c1-15-11-16(2)21-20(12-15)29-23(25-21)26-10-6-8-18(14-26)22(27)24-13-17-7-4-5-9-19(17)28-3/h4-5,7,9,11-12,18H,6,8,10,13-14H2,1-3H3,(H,24,27)/t18-/m1/s1. The van der Waals surface area contributed by atoms with Crippen molar-refractivity contribution in [3.05, 3.63) is 53.1 Å². The van der Waals surface area contributed by atoms with Gasteiger partial charge >= 0.3 is 0 Å². The summed E-state index contributed by atoms with van der Waals surface area (Å²) in [5, 5.41) is 4.12. The Morgan fingerprint density at radius 1 is 1.31 bits per heavy atom. The van der Waals surface area contributed by atoms with E-state index in [1.807, 2.05) is 24.3 Å². The van der Waals surface area contributed by atoms with Crippen molar-refractivity contribution in [2.75, 3.05) is 25.1 Å². The number of carbonyl (C=O) groups is 1. The van der Waals surface area contributed by atoms with Crippen LogP contribution in [0.5, 0.6) is 5.75 Å². The Morgan fingerprint density at radius 3 is 2.97 bits per heavy atom. The van der Waals surface area contributed by atoms with Crippen molar-refractivity contribution in [2.24, 2.45) is 5.92 Å². The Balaban J connectivity index is 1.44. The van der Waals surface area contributed by atoms with Crippen LogP contribution in [0.25, 0.3) is 10.2 Å². The molecule has 4 rings (SSSR count). The van der Waals surface area contributed by atoms with Gasteiger partial charge in [0.25, 0.3) is 0 Å². The minimum Gasteiger partial charge on any atom is -0.496 e. The summed E-state index contributed by atoms with van der Waals surface area (Å²) in [5.41, 5.74) is 4.55. The predicted molar refractivity (Wildman–Crippen MR) is 119 cm³/mol. The lowest BCUT2D eigenvalue weighted by Gasteiger charge is -2.31. The van der Waals surface area contributed by atoms with Crippen LogP contribution in [0.3, 0.4) is 0 Å². The van der Waals surface area contributed by atoms with Gasteiger partial charge in [-0.2, -0.15) is 0 Å². The molecule has 1 aliphatic rings. The quantitative estimate of drug-likeness (QED) is 0.676. The van der Waals surface area contributed by atoms with Crippen LogP contribution in [-0.2, 0) is 11.3 Å². The van der Waals surface area contributed by atoms with E-state index in [9.17, 15) is 4.79 Å². The smallest absolute Gasteiger partial charge is 0.225 e. The summed E-state index contributed by atoms with van der Waals surface area (Å²) in [6, 6.07) is 12.2. The number of thiazole rings is 1. The summed E-state index contributed by atoms with van der Waals surface area (Å²) >= 11 is 1.73. The monoisotopic (exact) mass is 409 g/mol. The van der Waals surface area contributed by atoms with E-state index >= 15 is 0 Å². The van der Waals surface area contributed by atoms with Crippen LogP contribution in [0.15, 0.2) is 36.4 Å². The molecule has 152 valence electrons. The average molecular weight is 410 g/mol. The fourth-order valence-electron chi connectivity index (χ4n) is 4.03. The Bertz CT molecular complexity index is 1030. The molecule has 3 aromatic rings. The van der Waals surface area contributed by atoms with Crippen molar-refractivity contribution >= 4 is 32.6 Å². The van der Waals surface area contributed by atoms with Crippen molar-refractivity contribution in [1.82, 2.24) is 10.3 Å². The number of rotatable bonds is 5. The molecular weight excluding hydrogens is 382 g/mol. The molecule has 1 aromatic heterocycles. The van der Waals surface area contributed by atoms with E-state index in [1.165, 1.54) is 15.8 Å². The third-order valence-corrected chi connectivity index (χ3v) is 6.59. The van der Waals surface area contributed by atoms with E-state index in [0.717, 1.165) is 47.9 Å². The summed E-state index contributed by atoms with van der Waals surface area (Å²) in [4.78, 5) is 20.0. The highest BCUT2D eigenvalue weighted by Crippen LogP contribution is 2.33. The second-order valence-corrected chi connectivity index (χ2v) is 8.75. The molecule has 29 heavy (non-hydrogen) atoms. The Hall–Kier alpha value is -2.60. The molecule has 0 unspecified atom stereocenters. The molecule has 1 saturated heterocycles. The molecule has 0 spiro atoms. The molecule has 5 nitrogen and oxygen atoms in total. The van der Waals surface area contributed by atoms with Gasteiger partial charge in [-0.3, -0.25) is 4.79 Å². The molecule has 1 aliphatic heterocycles. The zero-order chi connectivity index (χ0) is 20.4.